The lowest BCUT2D eigenvalue weighted by atomic mass is 10.1. The van der Waals surface area contributed by atoms with Crippen molar-refractivity contribution in [2.45, 2.75) is 47.1 Å². The normalized spacial score (nSPS) is 12.0. The fraction of sp³-hybridized carbons (Fsp3) is 0.588. The van der Waals surface area contributed by atoms with E-state index >= 15 is 0 Å². The van der Waals surface area contributed by atoms with E-state index < -0.39 is 6.10 Å². The molecule has 0 heterocycles. The van der Waals surface area contributed by atoms with Gasteiger partial charge in [0.05, 0.1) is 0 Å². The summed E-state index contributed by atoms with van der Waals surface area (Å²) in [5, 5.41) is 2.87. The third-order valence-electron chi connectivity index (χ3n) is 3.41. The highest BCUT2D eigenvalue weighted by atomic mass is 16.5. The second-order valence-corrected chi connectivity index (χ2v) is 5.31. The van der Waals surface area contributed by atoms with E-state index in [1.807, 2.05) is 33.8 Å². The molecular weight excluding hydrogens is 266 g/mol. The Hall–Kier alpha value is -1.55. The molecule has 1 N–H and O–H groups in total. The van der Waals surface area contributed by atoms with Crippen molar-refractivity contribution in [3.05, 3.63) is 28.8 Å². The minimum Gasteiger partial charge on any atom is -0.481 e. The largest absolute Gasteiger partial charge is 0.481 e. The summed E-state index contributed by atoms with van der Waals surface area (Å²) in [6, 6.07) is 4.09. The molecule has 0 aliphatic heterocycles. The van der Waals surface area contributed by atoms with Crippen LogP contribution < -0.4 is 10.1 Å². The summed E-state index contributed by atoms with van der Waals surface area (Å²) in [6.07, 6.45) is 0.312. The van der Waals surface area contributed by atoms with Crippen molar-refractivity contribution in [1.29, 1.82) is 0 Å². The molecule has 0 saturated heterocycles. The van der Waals surface area contributed by atoms with Crippen LogP contribution in [-0.2, 0) is 9.53 Å². The van der Waals surface area contributed by atoms with E-state index in [9.17, 15) is 4.79 Å². The van der Waals surface area contributed by atoms with Gasteiger partial charge in [-0.1, -0.05) is 6.07 Å². The number of carbonyl (C=O) groups excluding carboxylic acids is 1. The Labute approximate surface area is 127 Å². The highest BCUT2D eigenvalue weighted by Crippen LogP contribution is 2.24. The van der Waals surface area contributed by atoms with Crippen LogP contribution in [0.25, 0.3) is 0 Å². The third-order valence-corrected chi connectivity index (χ3v) is 3.41. The lowest BCUT2D eigenvalue weighted by Crippen LogP contribution is -2.37. The Kier molecular flexibility index (Phi) is 7.23. The fourth-order valence-electron chi connectivity index (χ4n) is 2.04. The zero-order valence-corrected chi connectivity index (χ0v) is 13.8. The predicted molar refractivity (Wildman–Crippen MR) is 84.9 cm³/mol. The smallest absolute Gasteiger partial charge is 0.260 e. The van der Waals surface area contributed by atoms with Crippen LogP contribution in [-0.4, -0.2) is 31.8 Å². The molecular formula is C17H27NO3. The molecule has 0 radical (unpaired) electrons. The first-order chi connectivity index (χ1) is 9.95. The van der Waals surface area contributed by atoms with Gasteiger partial charge < -0.3 is 14.8 Å². The van der Waals surface area contributed by atoms with Gasteiger partial charge in [0.15, 0.2) is 6.10 Å². The summed E-state index contributed by atoms with van der Waals surface area (Å²) in [5.41, 5.74) is 3.39. The Morgan fingerprint density at radius 1 is 1.29 bits per heavy atom. The van der Waals surface area contributed by atoms with Crippen molar-refractivity contribution in [3.63, 3.8) is 0 Å². The van der Waals surface area contributed by atoms with Gasteiger partial charge in [0.1, 0.15) is 5.75 Å². The predicted octanol–water partition coefficient (Wildman–Crippen LogP) is 2.92. The van der Waals surface area contributed by atoms with Crippen LogP contribution in [0.4, 0.5) is 0 Å². The Balaban J connectivity index is 2.49. The lowest BCUT2D eigenvalue weighted by molar-refractivity contribution is -0.127. The maximum absolute atomic E-state index is 12.0. The maximum atomic E-state index is 12.0. The van der Waals surface area contributed by atoms with Crippen molar-refractivity contribution in [2.75, 3.05) is 19.8 Å². The molecule has 118 valence electrons. The minimum absolute atomic E-state index is 0.0925. The van der Waals surface area contributed by atoms with Gasteiger partial charge in [0.2, 0.25) is 0 Å². The number of aryl methyl sites for hydroxylation is 2. The van der Waals surface area contributed by atoms with E-state index in [1.165, 1.54) is 5.56 Å². The Morgan fingerprint density at radius 3 is 2.67 bits per heavy atom. The summed E-state index contributed by atoms with van der Waals surface area (Å²) in [6.45, 7) is 11.8. The second-order valence-electron chi connectivity index (χ2n) is 5.31. The molecule has 1 rings (SSSR count). The third kappa shape index (κ3) is 5.76. The van der Waals surface area contributed by atoms with Gasteiger partial charge in [0.25, 0.3) is 5.91 Å². The summed E-state index contributed by atoms with van der Waals surface area (Å²) in [5.74, 6) is 0.689. The standard InChI is InChI=1S/C17H27NO3/c1-6-20-9-7-8-18-17(19)15(5)21-16-11-12(2)10-13(3)14(16)4/h10-11,15H,6-9H2,1-5H3,(H,18,19)/t15-/m0/s1. The topological polar surface area (TPSA) is 47.6 Å². The molecule has 1 aromatic carbocycles. The number of ether oxygens (including phenoxy) is 2. The van der Waals surface area contributed by atoms with Crippen LogP contribution in [0.5, 0.6) is 5.75 Å². The summed E-state index contributed by atoms with van der Waals surface area (Å²) in [4.78, 5) is 12.0. The minimum atomic E-state index is -0.503. The average Bonchev–Trinajstić information content (AvgIpc) is 2.43. The second kappa shape index (κ2) is 8.67. The van der Waals surface area contributed by atoms with Crippen LogP contribution in [0.1, 0.15) is 37.0 Å². The quantitative estimate of drug-likeness (QED) is 0.750. The van der Waals surface area contributed by atoms with Gasteiger partial charge >= 0.3 is 0 Å². The van der Waals surface area contributed by atoms with Crippen LogP contribution in [0.2, 0.25) is 0 Å². The molecule has 0 bridgehead atoms. The van der Waals surface area contributed by atoms with Gasteiger partial charge in [0, 0.05) is 19.8 Å². The molecule has 0 saturated carbocycles. The van der Waals surface area contributed by atoms with E-state index in [4.69, 9.17) is 9.47 Å². The molecule has 0 unspecified atom stereocenters. The van der Waals surface area contributed by atoms with Crippen LogP contribution in [0, 0.1) is 20.8 Å². The summed E-state index contributed by atoms with van der Waals surface area (Å²) >= 11 is 0. The van der Waals surface area contributed by atoms with E-state index in [2.05, 4.69) is 11.4 Å². The molecule has 21 heavy (non-hydrogen) atoms. The first kappa shape index (κ1) is 17.5. The van der Waals surface area contributed by atoms with Gasteiger partial charge in [-0.15, -0.1) is 0 Å². The highest BCUT2D eigenvalue weighted by Gasteiger charge is 2.15. The molecule has 4 heteroatoms. The van der Waals surface area contributed by atoms with Crippen molar-refractivity contribution in [1.82, 2.24) is 5.32 Å². The van der Waals surface area contributed by atoms with Crippen molar-refractivity contribution >= 4 is 5.91 Å². The molecule has 0 spiro atoms. The molecule has 0 aliphatic rings. The van der Waals surface area contributed by atoms with Gasteiger partial charge in [-0.3, -0.25) is 4.79 Å². The molecule has 0 aliphatic carbocycles. The number of rotatable bonds is 8. The monoisotopic (exact) mass is 293 g/mol. The number of hydrogen-bond donors (Lipinski definition) is 1. The maximum Gasteiger partial charge on any atom is 0.260 e. The van der Waals surface area contributed by atoms with E-state index in [-0.39, 0.29) is 5.91 Å². The molecule has 0 aromatic heterocycles. The van der Waals surface area contributed by atoms with Gasteiger partial charge in [-0.25, -0.2) is 0 Å². The van der Waals surface area contributed by atoms with Gasteiger partial charge in [-0.2, -0.15) is 0 Å². The van der Waals surface area contributed by atoms with E-state index in [0.717, 1.165) is 23.3 Å². The van der Waals surface area contributed by atoms with E-state index in [0.29, 0.717) is 19.8 Å². The van der Waals surface area contributed by atoms with Crippen molar-refractivity contribution in [3.8, 4) is 5.75 Å². The van der Waals surface area contributed by atoms with Crippen LogP contribution >= 0.6 is 0 Å². The summed E-state index contributed by atoms with van der Waals surface area (Å²) in [7, 11) is 0. The number of carbonyl (C=O) groups is 1. The van der Waals surface area contributed by atoms with Crippen molar-refractivity contribution < 1.29 is 14.3 Å². The lowest BCUT2D eigenvalue weighted by Gasteiger charge is -2.18. The average molecular weight is 293 g/mol. The molecule has 4 nitrogen and oxygen atoms in total. The van der Waals surface area contributed by atoms with E-state index in [1.54, 1.807) is 6.92 Å². The summed E-state index contributed by atoms with van der Waals surface area (Å²) < 4.78 is 11.0. The first-order valence-electron chi connectivity index (χ1n) is 7.55. The van der Waals surface area contributed by atoms with Crippen molar-refractivity contribution in [2.24, 2.45) is 0 Å². The highest BCUT2D eigenvalue weighted by molar-refractivity contribution is 5.80. The zero-order valence-electron chi connectivity index (χ0n) is 13.8. The molecule has 1 amide bonds. The van der Waals surface area contributed by atoms with Gasteiger partial charge in [-0.05, 0) is 63.8 Å². The molecule has 1 atom stereocenters. The SMILES string of the molecule is CCOCCCNC(=O)[C@H](C)Oc1cc(C)cc(C)c1C. The Morgan fingerprint density at radius 2 is 2.00 bits per heavy atom. The van der Waals surface area contributed by atoms with Crippen LogP contribution in [0.3, 0.4) is 0 Å². The Bertz CT molecular complexity index is 471. The molecule has 0 fully saturated rings. The number of benzene rings is 1. The fourth-order valence-corrected chi connectivity index (χ4v) is 2.04. The molecule has 1 aromatic rings. The number of amides is 1. The number of nitrogens with one attached hydrogen (secondary N) is 1. The number of hydrogen-bond acceptors (Lipinski definition) is 3. The van der Waals surface area contributed by atoms with Crippen LogP contribution in [0.15, 0.2) is 12.1 Å². The first-order valence-corrected chi connectivity index (χ1v) is 7.55. The zero-order chi connectivity index (χ0) is 15.8.